The van der Waals surface area contributed by atoms with Gasteiger partial charge < -0.3 is 11.1 Å². The van der Waals surface area contributed by atoms with Crippen LogP contribution in [0.5, 0.6) is 0 Å². The Morgan fingerprint density at radius 1 is 1.44 bits per heavy atom. The van der Waals surface area contributed by atoms with Crippen molar-refractivity contribution >= 4 is 34.4 Å². The lowest BCUT2D eigenvalue weighted by atomic mass is 9.91. The van der Waals surface area contributed by atoms with Gasteiger partial charge in [0.1, 0.15) is 12.0 Å². The van der Waals surface area contributed by atoms with Gasteiger partial charge in [-0.25, -0.2) is 9.97 Å². The van der Waals surface area contributed by atoms with Crippen molar-refractivity contribution in [2.24, 2.45) is 0 Å². The fourth-order valence-corrected chi connectivity index (χ4v) is 2.56. The van der Waals surface area contributed by atoms with Crippen LogP contribution in [0.2, 0.25) is 5.15 Å². The molecule has 0 saturated heterocycles. The highest BCUT2D eigenvalue weighted by molar-refractivity contribution is 7.10. The first-order valence-electron chi connectivity index (χ1n) is 5.54. The third kappa shape index (κ3) is 2.73. The van der Waals surface area contributed by atoms with E-state index in [9.17, 15) is 0 Å². The van der Waals surface area contributed by atoms with E-state index in [2.05, 4.69) is 46.6 Å². The van der Waals surface area contributed by atoms with Gasteiger partial charge in [-0.2, -0.15) is 0 Å². The van der Waals surface area contributed by atoms with E-state index in [0.29, 0.717) is 11.5 Å². The number of thiophene rings is 1. The highest BCUT2D eigenvalue weighted by atomic mass is 35.5. The second-order valence-corrected chi connectivity index (χ2v) is 5.95. The van der Waals surface area contributed by atoms with Crippen LogP contribution in [-0.2, 0) is 5.41 Å². The molecule has 2 heterocycles. The topological polar surface area (TPSA) is 63.8 Å². The molecule has 4 nitrogen and oxygen atoms in total. The number of nitrogens with one attached hydrogen (secondary N) is 1. The number of anilines is 2. The molecule has 18 heavy (non-hydrogen) atoms. The maximum Gasteiger partial charge on any atom is 0.157 e. The molecule has 0 unspecified atom stereocenters. The highest BCUT2D eigenvalue weighted by Crippen LogP contribution is 2.29. The number of hydrogen-bond donors (Lipinski definition) is 2. The van der Waals surface area contributed by atoms with Crippen LogP contribution in [0, 0.1) is 0 Å². The summed E-state index contributed by atoms with van der Waals surface area (Å²) >= 11 is 7.59. The zero-order valence-corrected chi connectivity index (χ0v) is 11.8. The van der Waals surface area contributed by atoms with Gasteiger partial charge >= 0.3 is 0 Å². The maximum absolute atomic E-state index is 5.85. The molecule has 0 aliphatic rings. The van der Waals surface area contributed by atoms with E-state index in [-0.39, 0.29) is 10.6 Å². The van der Waals surface area contributed by atoms with Gasteiger partial charge in [-0.3, -0.25) is 0 Å². The Morgan fingerprint density at radius 3 is 2.89 bits per heavy atom. The van der Waals surface area contributed by atoms with Crippen molar-refractivity contribution < 1.29 is 0 Å². The smallest absolute Gasteiger partial charge is 0.157 e. The minimum Gasteiger partial charge on any atom is -0.393 e. The molecule has 2 aromatic heterocycles. The first-order valence-corrected chi connectivity index (χ1v) is 6.80. The first-order chi connectivity index (χ1) is 8.50. The average molecular weight is 283 g/mol. The van der Waals surface area contributed by atoms with Gasteiger partial charge in [0.05, 0.1) is 0 Å². The van der Waals surface area contributed by atoms with Crippen LogP contribution >= 0.6 is 22.9 Å². The van der Waals surface area contributed by atoms with Gasteiger partial charge in [0.15, 0.2) is 11.0 Å². The summed E-state index contributed by atoms with van der Waals surface area (Å²) in [6.07, 6.45) is 1.40. The highest BCUT2D eigenvalue weighted by Gasteiger charge is 2.22. The summed E-state index contributed by atoms with van der Waals surface area (Å²) in [4.78, 5) is 9.23. The monoisotopic (exact) mass is 282 g/mol. The van der Waals surface area contributed by atoms with E-state index < -0.39 is 0 Å². The van der Waals surface area contributed by atoms with Gasteiger partial charge in [-0.15, -0.1) is 11.3 Å². The molecule has 0 saturated carbocycles. The Morgan fingerprint density at radius 2 is 2.22 bits per heavy atom. The van der Waals surface area contributed by atoms with Crippen molar-refractivity contribution in [3.05, 3.63) is 33.9 Å². The summed E-state index contributed by atoms with van der Waals surface area (Å²) in [5, 5.41) is 5.58. The molecule has 6 heteroatoms. The van der Waals surface area contributed by atoms with E-state index >= 15 is 0 Å². The Bertz CT molecular complexity index is 525. The molecule has 0 spiro atoms. The lowest BCUT2D eigenvalue weighted by molar-refractivity contribution is 0.568. The molecule has 0 fully saturated rings. The number of rotatable bonds is 4. The number of nitrogen functional groups attached to an aromatic ring is 1. The predicted molar refractivity (Wildman–Crippen MR) is 77.3 cm³/mol. The van der Waals surface area contributed by atoms with Gasteiger partial charge in [0, 0.05) is 16.8 Å². The molecule has 0 aliphatic heterocycles. The third-order valence-corrected chi connectivity index (χ3v) is 4.26. The molecular formula is C12H15ClN4S. The molecule has 2 aromatic rings. The maximum atomic E-state index is 5.85. The van der Waals surface area contributed by atoms with Crippen molar-refractivity contribution in [2.75, 3.05) is 17.6 Å². The standard InChI is InChI=1S/C12H15ClN4S/c1-12(2,8-4-3-5-18-8)6-15-11-9(14)10(13)16-7-17-11/h3-5,7H,6,14H2,1-2H3,(H,15,16,17). The lowest BCUT2D eigenvalue weighted by Crippen LogP contribution is -2.27. The molecule has 0 bridgehead atoms. The summed E-state index contributed by atoms with van der Waals surface area (Å²) in [5.41, 5.74) is 6.22. The minimum absolute atomic E-state index is 0.0119. The molecule has 0 atom stereocenters. The second kappa shape index (κ2) is 5.12. The van der Waals surface area contributed by atoms with E-state index in [4.69, 9.17) is 17.3 Å². The quantitative estimate of drug-likeness (QED) is 0.846. The van der Waals surface area contributed by atoms with Gasteiger partial charge in [0.25, 0.3) is 0 Å². The molecule has 2 rings (SSSR count). The van der Waals surface area contributed by atoms with Crippen LogP contribution < -0.4 is 11.1 Å². The molecule has 0 radical (unpaired) electrons. The van der Waals surface area contributed by atoms with Gasteiger partial charge in [0.2, 0.25) is 0 Å². The van der Waals surface area contributed by atoms with Crippen LogP contribution in [-0.4, -0.2) is 16.5 Å². The van der Waals surface area contributed by atoms with Crippen LogP contribution in [0.3, 0.4) is 0 Å². The largest absolute Gasteiger partial charge is 0.393 e. The molecule has 96 valence electrons. The van der Waals surface area contributed by atoms with Crippen LogP contribution in [0.1, 0.15) is 18.7 Å². The van der Waals surface area contributed by atoms with E-state index in [1.165, 1.54) is 11.2 Å². The molecular weight excluding hydrogens is 268 g/mol. The van der Waals surface area contributed by atoms with Crippen molar-refractivity contribution in [3.8, 4) is 0 Å². The Balaban J connectivity index is 2.10. The van der Waals surface area contributed by atoms with Crippen molar-refractivity contribution in [3.63, 3.8) is 0 Å². The van der Waals surface area contributed by atoms with Crippen molar-refractivity contribution in [1.29, 1.82) is 0 Å². The molecule has 0 aliphatic carbocycles. The number of halogens is 1. The Labute approximate surface area is 115 Å². The zero-order valence-electron chi connectivity index (χ0n) is 10.3. The van der Waals surface area contributed by atoms with Crippen LogP contribution in [0.25, 0.3) is 0 Å². The summed E-state index contributed by atoms with van der Waals surface area (Å²) in [6.45, 7) is 5.07. The average Bonchev–Trinajstić information content (AvgIpc) is 2.85. The Kier molecular flexibility index (Phi) is 3.73. The van der Waals surface area contributed by atoms with E-state index in [0.717, 1.165) is 6.54 Å². The zero-order chi connectivity index (χ0) is 13.2. The van der Waals surface area contributed by atoms with Gasteiger partial charge in [-0.05, 0) is 11.4 Å². The minimum atomic E-state index is 0.0119. The normalized spacial score (nSPS) is 11.5. The fourth-order valence-electron chi connectivity index (χ4n) is 1.57. The van der Waals surface area contributed by atoms with Gasteiger partial charge in [-0.1, -0.05) is 31.5 Å². The SMILES string of the molecule is CC(C)(CNc1ncnc(Cl)c1N)c1cccs1. The number of aromatic nitrogens is 2. The number of nitrogens with two attached hydrogens (primary N) is 1. The predicted octanol–water partition coefficient (Wildman–Crippen LogP) is 3.16. The number of nitrogens with zero attached hydrogens (tertiary/aromatic N) is 2. The lowest BCUT2D eigenvalue weighted by Gasteiger charge is -2.24. The van der Waals surface area contributed by atoms with Crippen molar-refractivity contribution in [1.82, 2.24) is 9.97 Å². The van der Waals surface area contributed by atoms with Crippen LogP contribution in [0.15, 0.2) is 23.8 Å². The number of hydrogen-bond acceptors (Lipinski definition) is 5. The molecule has 3 N–H and O–H groups in total. The summed E-state index contributed by atoms with van der Waals surface area (Å²) in [5.74, 6) is 0.583. The first kappa shape index (κ1) is 13.1. The second-order valence-electron chi connectivity index (χ2n) is 4.64. The van der Waals surface area contributed by atoms with Crippen LogP contribution in [0.4, 0.5) is 11.5 Å². The summed E-state index contributed by atoms with van der Waals surface area (Å²) < 4.78 is 0. The van der Waals surface area contributed by atoms with E-state index in [1.807, 2.05) is 0 Å². The molecule has 0 amide bonds. The summed E-state index contributed by atoms with van der Waals surface area (Å²) in [7, 11) is 0. The Hall–Kier alpha value is -1.33. The van der Waals surface area contributed by atoms with Crippen molar-refractivity contribution in [2.45, 2.75) is 19.3 Å². The fraction of sp³-hybridized carbons (Fsp3) is 0.333. The summed E-state index contributed by atoms with van der Waals surface area (Å²) in [6, 6.07) is 4.18. The molecule has 0 aromatic carbocycles. The third-order valence-electron chi connectivity index (χ3n) is 2.72. The van der Waals surface area contributed by atoms with E-state index in [1.54, 1.807) is 11.3 Å².